The number of anilines is 3. The molecule has 0 amide bonds. The molecular weight excluding hydrogens is 502 g/mol. The van der Waals surface area contributed by atoms with Crippen molar-refractivity contribution in [3.63, 3.8) is 0 Å². The molecule has 2 unspecified atom stereocenters. The van der Waals surface area contributed by atoms with Crippen molar-refractivity contribution in [3.8, 4) is 12.1 Å². The molecule has 2 aliphatic rings. The van der Waals surface area contributed by atoms with E-state index in [0.717, 1.165) is 36.3 Å². The van der Waals surface area contributed by atoms with E-state index in [9.17, 15) is 15.2 Å². The first-order valence-electron chi connectivity index (χ1n) is 13.2. The normalized spacial score (nSPS) is 18.4. The van der Waals surface area contributed by atoms with E-state index in [0.29, 0.717) is 33.8 Å². The molecule has 40 heavy (non-hydrogen) atoms. The van der Waals surface area contributed by atoms with Crippen molar-refractivity contribution in [3.05, 3.63) is 88.6 Å². The van der Waals surface area contributed by atoms with Gasteiger partial charge in [0.15, 0.2) is 11.5 Å². The predicted molar refractivity (Wildman–Crippen MR) is 152 cm³/mol. The number of carboxylic acid groups (broad SMARTS) is 1. The summed E-state index contributed by atoms with van der Waals surface area (Å²) in [5.74, 6) is -0.408. The number of piperazine rings is 1. The maximum atomic E-state index is 11.8. The summed E-state index contributed by atoms with van der Waals surface area (Å²) in [4.78, 5) is 26.1. The second kappa shape index (κ2) is 9.87. The monoisotopic (exact) mass is 529 g/mol. The van der Waals surface area contributed by atoms with Crippen molar-refractivity contribution in [2.24, 2.45) is 0 Å². The number of nitriles is 2. The topological polar surface area (TPSA) is 129 Å². The van der Waals surface area contributed by atoms with Crippen LogP contribution in [-0.4, -0.2) is 46.2 Å². The Labute approximate surface area is 231 Å². The fraction of sp³-hybridized carbons (Fsp3) is 0.258. The van der Waals surface area contributed by atoms with Crippen LogP contribution in [0.5, 0.6) is 0 Å². The molecule has 9 heteroatoms. The number of hydrogen-bond acceptors (Lipinski definition) is 8. The molecule has 2 N–H and O–H groups in total. The summed E-state index contributed by atoms with van der Waals surface area (Å²) >= 11 is 0. The Morgan fingerprint density at radius 3 is 2.42 bits per heavy atom. The Hall–Kier alpha value is -5.15. The van der Waals surface area contributed by atoms with Crippen LogP contribution in [0.4, 0.5) is 17.2 Å². The number of aromatic carboxylic acids is 1. The first-order valence-corrected chi connectivity index (χ1v) is 13.2. The Morgan fingerprint density at radius 2 is 1.75 bits per heavy atom. The zero-order valence-electron chi connectivity index (χ0n) is 22.2. The fourth-order valence-corrected chi connectivity index (χ4v) is 6.01. The van der Waals surface area contributed by atoms with Crippen molar-refractivity contribution >= 4 is 34.2 Å². The van der Waals surface area contributed by atoms with Gasteiger partial charge >= 0.3 is 5.97 Å². The van der Waals surface area contributed by atoms with Gasteiger partial charge in [0.05, 0.1) is 40.3 Å². The van der Waals surface area contributed by atoms with Gasteiger partial charge in [0, 0.05) is 36.1 Å². The highest BCUT2D eigenvalue weighted by Crippen LogP contribution is 2.39. The number of carboxylic acids is 1. The van der Waals surface area contributed by atoms with E-state index >= 15 is 0 Å². The molecule has 1 aromatic heterocycles. The highest BCUT2D eigenvalue weighted by Gasteiger charge is 2.44. The minimum atomic E-state index is -0.996. The Bertz CT molecular complexity index is 1720. The first-order chi connectivity index (χ1) is 19.4. The second-order valence-electron chi connectivity index (χ2n) is 10.5. The molecule has 3 atom stereocenters. The molecule has 2 fully saturated rings. The SMILES string of the molecule is Cc1cc([C@@H](C)Nc2ccccc2C(=O)O)c2nc(N3CC4CC3CN4c3ccc(C#N)cc3)c(C#N)nc2c1. The largest absolute Gasteiger partial charge is 0.478 e. The van der Waals surface area contributed by atoms with Crippen molar-refractivity contribution in [2.75, 3.05) is 28.2 Å². The van der Waals surface area contributed by atoms with Crippen LogP contribution in [0.25, 0.3) is 11.0 Å². The van der Waals surface area contributed by atoms with E-state index in [1.807, 2.05) is 50.2 Å². The van der Waals surface area contributed by atoms with Crippen LogP contribution >= 0.6 is 0 Å². The van der Waals surface area contributed by atoms with Crippen LogP contribution in [0, 0.1) is 29.6 Å². The summed E-state index contributed by atoms with van der Waals surface area (Å²) in [5.41, 5.74) is 5.96. The van der Waals surface area contributed by atoms with Gasteiger partial charge in [-0.25, -0.2) is 14.8 Å². The molecule has 0 radical (unpaired) electrons. The van der Waals surface area contributed by atoms with Crippen molar-refractivity contribution < 1.29 is 9.90 Å². The van der Waals surface area contributed by atoms with Crippen molar-refractivity contribution in [1.82, 2.24) is 9.97 Å². The zero-order valence-corrected chi connectivity index (χ0v) is 22.2. The molecule has 0 spiro atoms. The standard InChI is InChI=1S/C31H27N7O2/c1-18-11-25(19(2)34-26-6-4-3-5-24(26)31(39)40)29-27(12-18)35-28(15-33)30(36-29)38-17-22-13-23(38)16-37(22)21-9-7-20(14-32)8-10-21/h3-12,19,22-23,34H,13,16-17H2,1-2H3,(H,39,40)/t19-,22?,23?/m1/s1. The maximum Gasteiger partial charge on any atom is 0.337 e. The lowest BCUT2D eigenvalue weighted by molar-refractivity contribution is 0.0698. The quantitative estimate of drug-likeness (QED) is 0.354. The van der Waals surface area contributed by atoms with Gasteiger partial charge in [0.1, 0.15) is 6.07 Å². The molecule has 6 rings (SSSR count). The van der Waals surface area contributed by atoms with Crippen LogP contribution in [0.15, 0.2) is 60.7 Å². The van der Waals surface area contributed by atoms with Crippen LogP contribution in [0.2, 0.25) is 0 Å². The predicted octanol–water partition coefficient (Wildman–Crippen LogP) is 5.02. The number of benzene rings is 3. The molecule has 3 heterocycles. The highest BCUT2D eigenvalue weighted by molar-refractivity contribution is 5.94. The number of fused-ring (bicyclic) bond motifs is 3. The molecule has 0 aliphatic carbocycles. The molecule has 2 aliphatic heterocycles. The minimum absolute atomic E-state index is 0.186. The number of aromatic nitrogens is 2. The number of nitrogens with zero attached hydrogens (tertiary/aromatic N) is 6. The van der Waals surface area contributed by atoms with E-state index in [1.54, 1.807) is 24.3 Å². The van der Waals surface area contributed by atoms with Crippen molar-refractivity contribution in [2.45, 2.75) is 38.4 Å². The first kappa shape index (κ1) is 25.1. The Kier molecular flexibility index (Phi) is 6.20. The van der Waals surface area contributed by atoms with Crippen LogP contribution < -0.4 is 15.1 Å². The number of rotatable bonds is 6. The highest BCUT2D eigenvalue weighted by atomic mass is 16.4. The number of nitrogens with one attached hydrogen (secondary N) is 1. The van der Waals surface area contributed by atoms with Gasteiger partial charge in [-0.2, -0.15) is 10.5 Å². The number of para-hydroxylation sites is 1. The third kappa shape index (κ3) is 4.32. The number of carbonyl (C=O) groups is 1. The van der Waals surface area contributed by atoms with Crippen LogP contribution in [0.1, 0.15) is 52.1 Å². The average molecular weight is 530 g/mol. The lowest BCUT2D eigenvalue weighted by Crippen LogP contribution is -2.47. The number of hydrogen-bond donors (Lipinski definition) is 2. The smallest absolute Gasteiger partial charge is 0.337 e. The van der Waals surface area contributed by atoms with E-state index in [1.165, 1.54) is 0 Å². The summed E-state index contributed by atoms with van der Waals surface area (Å²) in [6.45, 7) is 5.46. The fourth-order valence-electron chi connectivity index (χ4n) is 6.01. The zero-order chi connectivity index (χ0) is 28.0. The molecule has 198 valence electrons. The van der Waals surface area contributed by atoms with Crippen LogP contribution in [0.3, 0.4) is 0 Å². The van der Waals surface area contributed by atoms with E-state index in [-0.39, 0.29) is 23.7 Å². The van der Waals surface area contributed by atoms with Gasteiger partial charge in [0.2, 0.25) is 0 Å². The van der Waals surface area contributed by atoms with Gasteiger partial charge in [0.25, 0.3) is 0 Å². The molecule has 9 nitrogen and oxygen atoms in total. The van der Waals surface area contributed by atoms with Crippen molar-refractivity contribution in [1.29, 1.82) is 10.5 Å². The lowest BCUT2D eigenvalue weighted by Gasteiger charge is -2.36. The second-order valence-corrected chi connectivity index (χ2v) is 10.5. The van der Waals surface area contributed by atoms with Gasteiger partial charge in [-0.1, -0.05) is 18.2 Å². The Balaban J connectivity index is 1.34. The van der Waals surface area contributed by atoms with Gasteiger partial charge in [-0.05, 0) is 68.3 Å². The van der Waals surface area contributed by atoms with E-state index in [4.69, 9.17) is 15.2 Å². The van der Waals surface area contributed by atoms with E-state index < -0.39 is 5.97 Å². The van der Waals surface area contributed by atoms with Gasteiger partial charge in [-0.15, -0.1) is 0 Å². The minimum Gasteiger partial charge on any atom is -0.478 e. The van der Waals surface area contributed by atoms with Gasteiger partial charge in [-0.3, -0.25) is 0 Å². The molecule has 0 saturated carbocycles. The summed E-state index contributed by atoms with van der Waals surface area (Å²) < 4.78 is 0. The number of aryl methyl sites for hydroxylation is 1. The Morgan fingerprint density at radius 1 is 1.02 bits per heavy atom. The lowest BCUT2D eigenvalue weighted by atomic mass is 10.0. The average Bonchev–Trinajstić information content (AvgIpc) is 3.57. The van der Waals surface area contributed by atoms with Gasteiger partial charge < -0.3 is 20.2 Å². The third-order valence-corrected chi connectivity index (χ3v) is 7.87. The third-order valence-electron chi connectivity index (χ3n) is 7.87. The maximum absolute atomic E-state index is 11.8. The summed E-state index contributed by atoms with van der Waals surface area (Å²) in [6, 6.07) is 23.1. The molecule has 2 saturated heterocycles. The summed E-state index contributed by atoms with van der Waals surface area (Å²) in [6.07, 6.45) is 0.954. The molecule has 2 bridgehead atoms. The molecule has 3 aromatic carbocycles. The van der Waals surface area contributed by atoms with Crippen LogP contribution in [-0.2, 0) is 0 Å². The summed E-state index contributed by atoms with van der Waals surface area (Å²) in [5, 5.41) is 32.1. The van der Waals surface area contributed by atoms with E-state index in [2.05, 4.69) is 27.3 Å². The molecule has 4 aromatic rings. The molecular formula is C31H27N7O2. The summed E-state index contributed by atoms with van der Waals surface area (Å²) in [7, 11) is 0.